The molecule has 1 rings (SSSR count). The topological polar surface area (TPSA) is 82.0 Å². The maximum atomic E-state index is 13.0. The lowest BCUT2D eigenvalue weighted by molar-refractivity contribution is 0.581. The van der Waals surface area contributed by atoms with Crippen molar-refractivity contribution in [2.45, 2.75) is 6.54 Å². The van der Waals surface area contributed by atoms with Gasteiger partial charge in [0, 0.05) is 19.6 Å². The number of rotatable bonds is 6. The zero-order chi connectivity index (χ0) is 13.6. The number of nitriles is 1. The fourth-order valence-electron chi connectivity index (χ4n) is 1.33. The first-order valence-corrected chi connectivity index (χ1v) is 7.15. The molecule has 98 valence electrons. The number of nitrogens with zero attached hydrogens (tertiary/aromatic N) is 1. The number of hydrogen-bond acceptors (Lipinski definition) is 4. The van der Waals surface area contributed by atoms with Gasteiger partial charge in [0.25, 0.3) is 0 Å². The predicted octanol–water partition coefficient (Wildman–Crippen LogP) is 0.336. The molecule has 2 N–H and O–H groups in total. The fraction of sp³-hybridized carbons (Fsp3) is 0.364. The summed E-state index contributed by atoms with van der Waals surface area (Å²) in [5, 5.41) is 11.6. The molecule has 0 amide bonds. The van der Waals surface area contributed by atoms with Crippen LogP contribution in [-0.4, -0.2) is 27.8 Å². The second-order valence-electron chi connectivity index (χ2n) is 3.77. The first-order valence-electron chi connectivity index (χ1n) is 5.26. The second-order valence-corrected chi connectivity index (χ2v) is 5.60. The lowest BCUT2D eigenvalue weighted by Crippen LogP contribution is -2.30. The van der Waals surface area contributed by atoms with Crippen LogP contribution >= 0.6 is 0 Å². The molecular weight excluding hydrogens is 257 g/mol. The molecule has 7 heteroatoms. The van der Waals surface area contributed by atoms with Gasteiger partial charge in [-0.25, -0.2) is 17.5 Å². The van der Waals surface area contributed by atoms with Crippen LogP contribution in [0.25, 0.3) is 0 Å². The summed E-state index contributed by atoms with van der Waals surface area (Å²) < 4.78 is 36.9. The van der Waals surface area contributed by atoms with E-state index in [0.717, 1.165) is 11.8 Å². The molecule has 0 bridgehead atoms. The Kier molecular flexibility index (Phi) is 5.22. The summed E-state index contributed by atoms with van der Waals surface area (Å²) >= 11 is 0. The largest absolute Gasteiger partial charge is 0.311 e. The van der Waals surface area contributed by atoms with Gasteiger partial charge in [0.05, 0.1) is 11.8 Å². The summed E-state index contributed by atoms with van der Waals surface area (Å²) in [5.41, 5.74) is 0.774. The smallest absolute Gasteiger partial charge is 0.208 e. The van der Waals surface area contributed by atoms with Crippen LogP contribution < -0.4 is 10.0 Å². The first-order chi connectivity index (χ1) is 8.42. The maximum Gasteiger partial charge on any atom is 0.208 e. The fourth-order valence-corrected chi connectivity index (χ4v) is 1.80. The SMILES string of the molecule is CS(=O)(=O)NCCNCc1ccc(F)c(C#N)c1. The number of hydrogen-bond donors (Lipinski definition) is 2. The van der Waals surface area contributed by atoms with Gasteiger partial charge >= 0.3 is 0 Å². The van der Waals surface area contributed by atoms with E-state index in [0.29, 0.717) is 13.1 Å². The van der Waals surface area contributed by atoms with Gasteiger partial charge in [0.15, 0.2) is 0 Å². The van der Waals surface area contributed by atoms with E-state index >= 15 is 0 Å². The van der Waals surface area contributed by atoms with Crippen LogP contribution in [0.2, 0.25) is 0 Å². The van der Waals surface area contributed by atoms with Crippen molar-refractivity contribution in [3.8, 4) is 6.07 Å². The molecule has 0 radical (unpaired) electrons. The highest BCUT2D eigenvalue weighted by Crippen LogP contribution is 2.08. The van der Waals surface area contributed by atoms with Crippen LogP contribution in [0.3, 0.4) is 0 Å². The van der Waals surface area contributed by atoms with E-state index in [4.69, 9.17) is 5.26 Å². The van der Waals surface area contributed by atoms with Gasteiger partial charge < -0.3 is 5.32 Å². The lowest BCUT2D eigenvalue weighted by atomic mass is 10.1. The summed E-state index contributed by atoms with van der Waals surface area (Å²) in [5.74, 6) is -0.542. The van der Waals surface area contributed by atoms with E-state index in [1.165, 1.54) is 12.1 Å². The lowest BCUT2D eigenvalue weighted by Gasteiger charge is -2.06. The Labute approximate surface area is 106 Å². The molecule has 18 heavy (non-hydrogen) atoms. The van der Waals surface area contributed by atoms with Crippen LogP contribution in [0.4, 0.5) is 4.39 Å². The van der Waals surface area contributed by atoms with Crippen molar-refractivity contribution >= 4 is 10.0 Å². The highest BCUT2D eigenvalue weighted by molar-refractivity contribution is 7.88. The minimum absolute atomic E-state index is 0.00330. The Morgan fingerprint density at radius 1 is 1.39 bits per heavy atom. The van der Waals surface area contributed by atoms with Gasteiger partial charge in [-0.15, -0.1) is 0 Å². The average Bonchev–Trinajstić information content (AvgIpc) is 2.29. The first kappa shape index (κ1) is 14.6. The molecule has 0 unspecified atom stereocenters. The van der Waals surface area contributed by atoms with E-state index in [1.54, 1.807) is 12.1 Å². The molecule has 0 saturated heterocycles. The number of sulfonamides is 1. The molecule has 0 atom stereocenters. The van der Waals surface area contributed by atoms with Crippen molar-refractivity contribution in [3.05, 3.63) is 35.1 Å². The van der Waals surface area contributed by atoms with E-state index in [1.807, 2.05) is 0 Å². The van der Waals surface area contributed by atoms with Crippen LogP contribution in [0, 0.1) is 17.1 Å². The molecule has 1 aromatic carbocycles. The molecule has 0 fully saturated rings. The third kappa shape index (κ3) is 5.23. The number of benzene rings is 1. The molecule has 1 aromatic rings. The summed E-state index contributed by atoms with van der Waals surface area (Å²) in [4.78, 5) is 0. The molecule has 5 nitrogen and oxygen atoms in total. The molecule has 0 aliphatic carbocycles. The summed E-state index contributed by atoms with van der Waals surface area (Å²) in [6.45, 7) is 1.18. The van der Waals surface area contributed by atoms with Gasteiger partial charge in [0.2, 0.25) is 10.0 Å². The molecule has 0 aliphatic heterocycles. The molecule has 0 aromatic heterocycles. The molecular formula is C11H14FN3O2S. The van der Waals surface area contributed by atoms with Crippen molar-refractivity contribution in [1.29, 1.82) is 5.26 Å². The van der Waals surface area contributed by atoms with Gasteiger partial charge in [0.1, 0.15) is 11.9 Å². The summed E-state index contributed by atoms with van der Waals surface area (Å²) in [7, 11) is -3.17. The monoisotopic (exact) mass is 271 g/mol. The Bertz CT molecular complexity index is 552. The second kappa shape index (κ2) is 6.44. The van der Waals surface area contributed by atoms with Crippen molar-refractivity contribution < 1.29 is 12.8 Å². The van der Waals surface area contributed by atoms with E-state index in [-0.39, 0.29) is 12.1 Å². The zero-order valence-electron chi connectivity index (χ0n) is 9.90. The summed E-state index contributed by atoms with van der Waals surface area (Å²) in [6.07, 6.45) is 1.09. The minimum atomic E-state index is -3.17. The predicted molar refractivity (Wildman–Crippen MR) is 65.7 cm³/mol. The Hall–Kier alpha value is -1.49. The average molecular weight is 271 g/mol. The Balaban J connectivity index is 2.39. The van der Waals surface area contributed by atoms with Crippen molar-refractivity contribution in [2.75, 3.05) is 19.3 Å². The third-order valence-corrected chi connectivity index (χ3v) is 2.87. The van der Waals surface area contributed by atoms with Crippen LogP contribution in [-0.2, 0) is 16.6 Å². The van der Waals surface area contributed by atoms with Crippen molar-refractivity contribution in [2.24, 2.45) is 0 Å². The van der Waals surface area contributed by atoms with E-state index in [2.05, 4.69) is 10.0 Å². The van der Waals surface area contributed by atoms with E-state index in [9.17, 15) is 12.8 Å². The molecule has 0 aliphatic rings. The van der Waals surface area contributed by atoms with Crippen molar-refractivity contribution in [1.82, 2.24) is 10.0 Å². The third-order valence-electron chi connectivity index (χ3n) is 2.15. The van der Waals surface area contributed by atoms with Gasteiger partial charge in [-0.2, -0.15) is 5.26 Å². The number of halogens is 1. The van der Waals surface area contributed by atoms with Gasteiger partial charge in [-0.3, -0.25) is 0 Å². The molecule has 0 spiro atoms. The quantitative estimate of drug-likeness (QED) is 0.731. The summed E-state index contributed by atoms with van der Waals surface area (Å²) in [6, 6.07) is 6.04. The van der Waals surface area contributed by atoms with Crippen LogP contribution in [0.5, 0.6) is 0 Å². The molecule has 0 saturated carbocycles. The highest BCUT2D eigenvalue weighted by atomic mass is 32.2. The van der Waals surface area contributed by atoms with Crippen molar-refractivity contribution in [3.63, 3.8) is 0 Å². The van der Waals surface area contributed by atoms with E-state index < -0.39 is 15.8 Å². The van der Waals surface area contributed by atoms with Gasteiger partial charge in [-0.05, 0) is 17.7 Å². The van der Waals surface area contributed by atoms with Crippen LogP contribution in [0.15, 0.2) is 18.2 Å². The Morgan fingerprint density at radius 2 is 2.11 bits per heavy atom. The number of nitrogens with one attached hydrogen (secondary N) is 2. The Morgan fingerprint density at radius 3 is 2.72 bits per heavy atom. The minimum Gasteiger partial charge on any atom is -0.311 e. The highest BCUT2D eigenvalue weighted by Gasteiger charge is 2.02. The standard InChI is InChI=1S/C11H14FN3O2S/c1-18(16,17)15-5-4-14-8-9-2-3-11(12)10(6-9)7-13/h2-3,6,14-15H,4-5,8H2,1H3. The maximum absolute atomic E-state index is 13.0. The van der Waals surface area contributed by atoms with Gasteiger partial charge in [-0.1, -0.05) is 6.07 Å². The normalized spacial score (nSPS) is 11.2. The molecule has 0 heterocycles. The van der Waals surface area contributed by atoms with Crippen LogP contribution in [0.1, 0.15) is 11.1 Å². The zero-order valence-corrected chi connectivity index (χ0v) is 10.7.